The number of nitrogens with two attached hydrogens (primary N) is 1. The third-order valence-electron chi connectivity index (χ3n) is 5.11. The van der Waals surface area contributed by atoms with E-state index in [2.05, 4.69) is 30.1 Å². The Hall–Kier alpha value is -2.56. The zero-order valence-electron chi connectivity index (χ0n) is 13.9. The number of para-hydroxylation sites is 1. The van der Waals surface area contributed by atoms with Crippen LogP contribution in [0.15, 0.2) is 53.1 Å². The highest BCUT2D eigenvalue weighted by Crippen LogP contribution is 2.47. The van der Waals surface area contributed by atoms with Crippen molar-refractivity contribution < 1.29 is 9.53 Å². The Morgan fingerprint density at radius 2 is 2.17 bits per heavy atom. The summed E-state index contributed by atoms with van der Waals surface area (Å²) in [5.41, 5.74) is 7.01. The highest BCUT2D eigenvalue weighted by molar-refractivity contribution is 6.07. The van der Waals surface area contributed by atoms with E-state index < -0.39 is 5.54 Å². The number of benzene rings is 1. The second-order valence-corrected chi connectivity index (χ2v) is 6.81. The fourth-order valence-corrected chi connectivity index (χ4v) is 3.81. The molecule has 2 N–H and O–H groups in total. The summed E-state index contributed by atoms with van der Waals surface area (Å²) >= 11 is 0. The molecule has 3 atom stereocenters. The summed E-state index contributed by atoms with van der Waals surface area (Å²) in [6.45, 7) is 2.18. The molecule has 2 aliphatic heterocycles. The first kappa shape index (κ1) is 15.0. The van der Waals surface area contributed by atoms with Gasteiger partial charge in [0.1, 0.15) is 11.9 Å². The van der Waals surface area contributed by atoms with Gasteiger partial charge in [-0.15, -0.1) is 0 Å². The number of guanidine groups is 1. The first-order chi connectivity index (χ1) is 11.5. The molecule has 1 amide bonds. The largest absolute Gasteiger partial charge is 0.486 e. The van der Waals surface area contributed by atoms with Gasteiger partial charge in [-0.2, -0.15) is 0 Å². The van der Waals surface area contributed by atoms with Gasteiger partial charge < -0.3 is 10.5 Å². The quantitative estimate of drug-likeness (QED) is 0.862. The van der Waals surface area contributed by atoms with E-state index in [0.717, 1.165) is 17.7 Å². The van der Waals surface area contributed by atoms with Gasteiger partial charge in [-0.05, 0) is 24.0 Å². The molecule has 0 aromatic heterocycles. The molecule has 1 spiro atoms. The molecule has 5 nitrogen and oxygen atoms in total. The van der Waals surface area contributed by atoms with E-state index in [9.17, 15) is 4.79 Å². The lowest BCUT2D eigenvalue weighted by Gasteiger charge is -2.38. The summed E-state index contributed by atoms with van der Waals surface area (Å²) in [5, 5.41) is 0. The molecule has 4 rings (SSSR count). The average molecular weight is 323 g/mol. The topological polar surface area (TPSA) is 67.9 Å². The van der Waals surface area contributed by atoms with E-state index in [0.29, 0.717) is 12.3 Å². The summed E-state index contributed by atoms with van der Waals surface area (Å²) in [7, 11) is 1.67. The van der Waals surface area contributed by atoms with Gasteiger partial charge in [0, 0.05) is 19.0 Å². The van der Waals surface area contributed by atoms with Gasteiger partial charge in [0.25, 0.3) is 5.91 Å². The number of fused-ring (bicyclic) bond motifs is 2. The van der Waals surface area contributed by atoms with Gasteiger partial charge in [0.2, 0.25) is 0 Å². The maximum Gasteiger partial charge on any atom is 0.261 e. The van der Waals surface area contributed by atoms with Crippen LogP contribution in [-0.2, 0) is 10.3 Å². The third kappa shape index (κ3) is 2.08. The normalized spacial score (nSPS) is 31.6. The van der Waals surface area contributed by atoms with Crippen molar-refractivity contribution in [3.05, 3.63) is 53.6 Å². The van der Waals surface area contributed by atoms with E-state index in [4.69, 9.17) is 10.5 Å². The Bertz CT molecular complexity index is 796. The third-order valence-corrected chi connectivity index (χ3v) is 5.11. The predicted octanol–water partition coefficient (Wildman–Crippen LogP) is 2.34. The minimum absolute atomic E-state index is 0.0826. The summed E-state index contributed by atoms with van der Waals surface area (Å²) in [6, 6.07) is 7.65. The lowest BCUT2D eigenvalue weighted by atomic mass is 9.78. The molecule has 1 aromatic carbocycles. The minimum atomic E-state index is -0.969. The van der Waals surface area contributed by atoms with Crippen molar-refractivity contribution in [3.8, 4) is 5.75 Å². The summed E-state index contributed by atoms with van der Waals surface area (Å²) < 4.78 is 6.24. The molecule has 0 bridgehead atoms. The molecular formula is C19H21N3O2. The van der Waals surface area contributed by atoms with Crippen LogP contribution in [0, 0.1) is 5.92 Å². The first-order valence-corrected chi connectivity index (χ1v) is 8.28. The van der Waals surface area contributed by atoms with Crippen molar-refractivity contribution in [2.45, 2.75) is 31.4 Å². The van der Waals surface area contributed by atoms with Gasteiger partial charge in [0.15, 0.2) is 11.5 Å². The van der Waals surface area contributed by atoms with E-state index in [1.165, 1.54) is 10.5 Å². The van der Waals surface area contributed by atoms with Crippen molar-refractivity contribution in [3.63, 3.8) is 0 Å². The molecule has 1 aliphatic carbocycles. The van der Waals surface area contributed by atoms with E-state index >= 15 is 0 Å². The number of nitrogens with zero attached hydrogens (tertiary/aromatic N) is 2. The van der Waals surface area contributed by atoms with E-state index in [-0.39, 0.29) is 18.0 Å². The number of carbonyl (C=O) groups excluding carboxylic acids is 1. The number of hydrogen-bond donors (Lipinski definition) is 1. The highest BCUT2D eigenvalue weighted by Gasteiger charge is 2.53. The number of rotatable bonds is 1. The molecule has 0 fully saturated rings. The fourth-order valence-electron chi connectivity index (χ4n) is 3.81. The lowest BCUT2D eigenvalue weighted by molar-refractivity contribution is -0.132. The second kappa shape index (κ2) is 5.23. The SMILES string of the molecule is CC1C=CC=C(C2CC3(N=C(N)N(C)C3=O)c3ccccc3O2)C1. The molecule has 2 heterocycles. The monoisotopic (exact) mass is 323 g/mol. The van der Waals surface area contributed by atoms with Crippen LogP contribution in [0.25, 0.3) is 0 Å². The van der Waals surface area contributed by atoms with Gasteiger partial charge in [0.05, 0.1) is 0 Å². The van der Waals surface area contributed by atoms with Crippen molar-refractivity contribution in [2.24, 2.45) is 16.6 Å². The van der Waals surface area contributed by atoms with E-state index in [1.807, 2.05) is 24.3 Å². The molecule has 0 radical (unpaired) electrons. The maximum absolute atomic E-state index is 13.0. The van der Waals surface area contributed by atoms with Crippen LogP contribution in [0.3, 0.4) is 0 Å². The number of aliphatic imine (C=N–C) groups is 1. The summed E-state index contributed by atoms with van der Waals surface area (Å²) in [4.78, 5) is 19.0. The van der Waals surface area contributed by atoms with Crippen LogP contribution in [0.1, 0.15) is 25.3 Å². The highest BCUT2D eigenvalue weighted by atomic mass is 16.5. The van der Waals surface area contributed by atoms with E-state index in [1.54, 1.807) is 7.05 Å². The van der Waals surface area contributed by atoms with Crippen LogP contribution in [0.5, 0.6) is 5.75 Å². The van der Waals surface area contributed by atoms with Crippen LogP contribution >= 0.6 is 0 Å². The number of ether oxygens (including phenoxy) is 1. The lowest BCUT2D eigenvalue weighted by Crippen LogP contribution is -2.46. The maximum atomic E-state index is 13.0. The predicted molar refractivity (Wildman–Crippen MR) is 92.5 cm³/mol. The Kier molecular flexibility index (Phi) is 3.27. The number of likely N-dealkylation sites (N-methyl/N-ethyl adjacent to an activating group) is 1. The molecule has 3 unspecified atom stereocenters. The van der Waals surface area contributed by atoms with Crippen molar-refractivity contribution >= 4 is 11.9 Å². The molecule has 0 saturated carbocycles. The Morgan fingerprint density at radius 3 is 2.88 bits per heavy atom. The van der Waals surface area contributed by atoms with Crippen molar-refractivity contribution in [2.75, 3.05) is 7.05 Å². The zero-order chi connectivity index (χ0) is 16.9. The fraction of sp³-hybridized carbons (Fsp3) is 0.368. The summed E-state index contributed by atoms with van der Waals surface area (Å²) in [5.74, 6) is 1.37. The smallest absolute Gasteiger partial charge is 0.261 e. The summed E-state index contributed by atoms with van der Waals surface area (Å²) in [6.07, 6.45) is 7.60. The molecule has 0 saturated heterocycles. The molecular weight excluding hydrogens is 302 g/mol. The molecule has 124 valence electrons. The standard InChI is InChI=1S/C19H21N3O2/c1-12-6-5-7-13(10-12)16-11-19(17(23)22(2)18(20)21-19)14-8-3-4-9-15(14)24-16/h3-9,12,16H,10-11H2,1-2H3,(H2,20,21). The van der Waals surface area contributed by atoms with Gasteiger partial charge in [-0.3, -0.25) is 9.69 Å². The van der Waals surface area contributed by atoms with Crippen molar-refractivity contribution in [1.29, 1.82) is 0 Å². The average Bonchev–Trinajstić information content (AvgIpc) is 2.79. The van der Waals surface area contributed by atoms with Crippen LogP contribution < -0.4 is 10.5 Å². The number of amides is 1. The number of carbonyl (C=O) groups is 1. The first-order valence-electron chi connectivity index (χ1n) is 8.28. The Morgan fingerprint density at radius 1 is 1.38 bits per heavy atom. The zero-order valence-corrected chi connectivity index (χ0v) is 13.9. The molecule has 1 aromatic rings. The molecule has 3 aliphatic rings. The van der Waals surface area contributed by atoms with Crippen LogP contribution in [0.4, 0.5) is 0 Å². The molecule has 24 heavy (non-hydrogen) atoms. The van der Waals surface area contributed by atoms with Gasteiger partial charge in [-0.1, -0.05) is 43.4 Å². The van der Waals surface area contributed by atoms with Crippen molar-refractivity contribution in [1.82, 2.24) is 4.90 Å². The Labute approximate surface area is 141 Å². The molecule has 5 heteroatoms. The minimum Gasteiger partial charge on any atom is -0.486 e. The van der Waals surface area contributed by atoms with Crippen LogP contribution in [-0.4, -0.2) is 29.9 Å². The second-order valence-electron chi connectivity index (χ2n) is 6.81. The number of allylic oxidation sites excluding steroid dienone is 3. The van der Waals surface area contributed by atoms with Gasteiger partial charge in [-0.25, -0.2) is 4.99 Å². The number of hydrogen-bond acceptors (Lipinski definition) is 4. The van der Waals surface area contributed by atoms with Crippen LogP contribution in [0.2, 0.25) is 0 Å². The van der Waals surface area contributed by atoms with Gasteiger partial charge >= 0.3 is 0 Å². The Balaban J connectivity index is 1.81.